The first kappa shape index (κ1) is 18.9. The van der Waals surface area contributed by atoms with Crippen LogP contribution in [-0.2, 0) is 17.4 Å². The van der Waals surface area contributed by atoms with Gasteiger partial charge in [0, 0.05) is 6.54 Å². The Morgan fingerprint density at radius 1 is 1.32 bits per heavy atom. The number of hydrogen-bond donors (Lipinski definition) is 2. The van der Waals surface area contributed by atoms with Crippen LogP contribution in [0.15, 0.2) is 29.4 Å². The summed E-state index contributed by atoms with van der Waals surface area (Å²) < 4.78 is 43.0. The number of methoxy groups -OCH3 is 1. The van der Waals surface area contributed by atoms with Crippen LogP contribution in [0.4, 0.5) is 13.2 Å². The third-order valence-electron chi connectivity index (χ3n) is 3.15. The Bertz CT molecular complexity index is 718. The second kappa shape index (κ2) is 8.10. The van der Waals surface area contributed by atoms with E-state index in [1.807, 2.05) is 24.3 Å². The van der Waals surface area contributed by atoms with E-state index in [0.717, 1.165) is 23.1 Å². The van der Waals surface area contributed by atoms with Crippen LogP contribution in [0.1, 0.15) is 11.4 Å². The molecule has 7 nitrogen and oxygen atoms in total. The molecule has 0 unspecified atom stereocenters. The molecular weight excluding hydrogens is 359 g/mol. The Hall–Kier alpha value is -2.43. The molecule has 1 aromatic heterocycles. The van der Waals surface area contributed by atoms with Crippen LogP contribution in [0.25, 0.3) is 0 Å². The minimum Gasteiger partial charge on any atom is -0.497 e. The van der Waals surface area contributed by atoms with Crippen LogP contribution < -0.4 is 15.9 Å². The lowest BCUT2D eigenvalue weighted by atomic mass is 10.1. The zero-order valence-electron chi connectivity index (χ0n) is 13.2. The number of carbonyl (C=O) groups is 1. The van der Waals surface area contributed by atoms with Crippen LogP contribution >= 0.6 is 11.8 Å². The highest BCUT2D eigenvalue weighted by atomic mass is 32.2. The maximum Gasteiger partial charge on any atom is 0.453 e. The molecule has 0 saturated heterocycles. The zero-order valence-corrected chi connectivity index (χ0v) is 14.0. The quantitative estimate of drug-likeness (QED) is 0.562. The summed E-state index contributed by atoms with van der Waals surface area (Å²) in [5.74, 6) is 4.26. The lowest BCUT2D eigenvalue weighted by molar-refractivity contribution is -0.146. The van der Waals surface area contributed by atoms with Gasteiger partial charge in [0.2, 0.25) is 11.1 Å². The molecule has 11 heteroatoms. The summed E-state index contributed by atoms with van der Waals surface area (Å²) in [6.07, 6.45) is -4.08. The highest BCUT2D eigenvalue weighted by Crippen LogP contribution is 2.28. The Labute approximate surface area is 145 Å². The standard InChI is InChI=1S/C14H16F3N5O2S/c1-24-10-4-2-9(3-5-10)6-7-19-11(23)8-25-13-21-20-12(22(13)18)14(15,16)17/h2-5H,6-8,18H2,1H3,(H,19,23). The van der Waals surface area contributed by atoms with Crippen molar-refractivity contribution in [2.75, 3.05) is 25.3 Å². The molecule has 1 heterocycles. The van der Waals surface area contributed by atoms with Crippen molar-refractivity contribution in [3.63, 3.8) is 0 Å². The molecule has 0 aliphatic carbocycles. The lowest BCUT2D eigenvalue weighted by Crippen LogP contribution is -2.27. The van der Waals surface area contributed by atoms with E-state index in [-0.39, 0.29) is 16.8 Å². The van der Waals surface area contributed by atoms with Crippen LogP contribution in [0.3, 0.4) is 0 Å². The molecule has 136 valence electrons. The molecular formula is C14H16F3N5O2S. The summed E-state index contributed by atoms with van der Waals surface area (Å²) in [6.45, 7) is 0.398. The van der Waals surface area contributed by atoms with Crippen molar-refractivity contribution >= 4 is 17.7 Å². The minimum absolute atomic E-state index is 0.115. The first-order valence-electron chi connectivity index (χ1n) is 7.11. The van der Waals surface area contributed by atoms with Crippen LogP contribution in [0, 0.1) is 0 Å². The number of amides is 1. The Kier molecular flexibility index (Phi) is 6.12. The number of rotatable bonds is 7. The van der Waals surface area contributed by atoms with Gasteiger partial charge in [-0.2, -0.15) is 13.2 Å². The van der Waals surface area contributed by atoms with Gasteiger partial charge in [-0.3, -0.25) is 4.79 Å². The van der Waals surface area contributed by atoms with Crippen LogP contribution in [0.5, 0.6) is 5.75 Å². The lowest BCUT2D eigenvalue weighted by Gasteiger charge is -2.07. The predicted molar refractivity (Wildman–Crippen MR) is 85.6 cm³/mol. The van der Waals surface area contributed by atoms with Gasteiger partial charge in [-0.15, -0.1) is 10.2 Å². The van der Waals surface area contributed by atoms with Crippen LogP contribution in [-0.4, -0.2) is 40.2 Å². The molecule has 2 aromatic rings. The number of carbonyl (C=O) groups excluding carboxylic acids is 1. The molecule has 1 amide bonds. The van der Waals surface area contributed by atoms with Gasteiger partial charge in [-0.1, -0.05) is 23.9 Å². The molecule has 0 radical (unpaired) electrons. The molecule has 0 fully saturated rings. The molecule has 3 N–H and O–H groups in total. The molecule has 25 heavy (non-hydrogen) atoms. The molecule has 0 atom stereocenters. The van der Waals surface area contributed by atoms with Gasteiger partial charge in [0.15, 0.2) is 0 Å². The van der Waals surface area contributed by atoms with Crippen molar-refractivity contribution in [1.82, 2.24) is 20.2 Å². The fourth-order valence-corrected chi connectivity index (χ4v) is 2.57. The number of nitrogen functional groups attached to an aromatic ring is 1. The highest BCUT2D eigenvalue weighted by molar-refractivity contribution is 7.99. The second-order valence-electron chi connectivity index (χ2n) is 4.91. The van der Waals surface area contributed by atoms with E-state index in [4.69, 9.17) is 10.6 Å². The molecule has 0 bridgehead atoms. The summed E-state index contributed by atoms with van der Waals surface area (Å²) in [5, 5.41) is 8.81. The Morgan fingerprint density at radius 3 is 2.56 bits per heavy atom. The van der Waals surface area contributed by atoms with Crippen LogP contribution in [0.2, 0.25) is 0 Å². The van der Waals surface area contributed by atoms with E-state index in [2.05, 4.69) is 15.5 Å². The minimum atomic E-state index is -4.69. The summed E-state index contributed by atoms with van der Waals surface area (Å²) in [4.78, 5) is 11.7. The number of nitrogens with one attached hydrogen (secondary N) is 1. The van der Waals surface area contributed by atoms with E-state index >= 15 is 0 Å². The molecule has 0 spiro atoms. The first-order chi connectivity index (χ1) is 11.8. The zero-order chi connectivity index (χ0) is 18.4. The molecule has 0 aliphatic rings. The van der Waals surface area contributed by atoms with E-state index in [1.54, 1.807) is 7.11 Å². The van der Waals surface area contributed by atoms with Crippen molar-refractivity contribution in [3.8, 4) is 5.75 Å². The van der Waals surface area contributed by atoms with Gasteiger partial charge in [0.25, 0.3) is 5.82 Å². The van der Waals surface area contributed by atoms with E-state index in [0.29, 0.717) is 17.6 Å². The summed E-state index contributed by atoms with van der Waals surface area (Å²) in [5.41, 5.74) is 1.02. The fraction of sp³-hybridized carbons (Fsp3) is 0.357. The van der Waals surface area contributed by atoms with E-state index < -0.39 is 12.0 Å². The molecule has 0 saturated carbocycles. The smallest absolute Gasteiger partial charge is 0.453 e. The Balaban J connectivity index is 1.76. The second-order valence-corrected chi connectivity index (χ2v) is 5.85. The van der Waals surface area contributed by atoms with Gasteiger partial charge in [0.1, 0.15) is 5.75 Å². The molecule has 0 aliphatic heterocycles. The maximum absolute atomic E-state index is 12.5. The largest absolute Gasteiger partial charge is 0.497 e. The van der Waals surface area contributed by atoms with Crippen molar-refractivity contribution in [2.24, 2.45) is 0 Å². The van der Waals surface area contributed by atoms with Crippen molar-refractivity contribution in [1.29, 1.82) is 0 Å². The Morgan fingerprint density at radius 2 is 2.00 bits per heavy atom. The van der Waals surface area contributed by atoms with Gasteiger partial charge in [-0.25, -0.2) is 4.68 Å². The summed E-state index contributed by atoms with van der Waals surface area (Å²) >= 11 is 0.779. The first-order valence-corrected chi connectivity index (χ1v) is 8.10. The predicted octanol–water partition coefficient (Wildman–Crippen LogP) is 1.47. The van der Waals surface area contributed by atoms with Crippen molar-refractivity contribution < 1.29 is 22.7 Å². The van der Waals surface area contributed by atoms with Gasteiger partial charge in [-0.05, 0) is 24.1 Å². The molecule has 1 aromatic carbocycles. The third kappa shape index (κ3) is 5.28. The number of hydrogen-bond acceptors (Lipinski definition) is 6. The number of alkyl halides is 3. The number of benzene rings is 1. The van der Waals surface area contributed by atoms with Crippen molar-refractivity contribution in [3.05, 3.63) is 35.7 Å². The third-order valence-corrected chi connectivity index (χ3v) is 4.09. The van der Waals surface area contributed by atoms with Crippen molar-refractivity contribution in [2.45, 2.75) is 17.8 Å². The summed E-state index contributed by atoms with van der Waals surface area (Å²) in [7, 11) is 1.58. The number of nitrogens with zero attached hydrogens (tertiary/aromatic N) is 3. The number of thioether (sulfide) groups is 1. The van der Waals surface area contributed by atoms with E-state index in [9.17, 15) is 18.0 Å². The van der Waals surface area contributed by atoms with Gasteiger partial charge in [0.05, 0.1) is 12.9 Å². The number of aromatic nitrogens is 3. The summed E-state index contributed by atoms with van der Waals surface area (Å²) in [6, 6.07) is 7.41. The van der Waals surface area contributed by atoms with Gasteiger partial charge < -0.3 is 15.9 Å². The monoisotopic (exact) mass is 375 g/mol. The van der Waals surface area contributed by atoms with Gasteiger partial charge >= 0.3 is 6.18 Å². The fourth-order valence-electron chi connectivity index (χ4n) is 1.89. The average Bonchev–Trinajstić information content (AvgIpc) is 2.94. The highest BCUT2D eigenvalue weighted by Gasteiger charge is 2.38. The van der Waals surface area contributed by atoms with E-state index in [1.165, 1.54) is 0 Å². The maximum atomic E-state index is 12.5. The molecule has 2 rings (SSSR count). The normalized spacial score (nSPS) is 11.4. The number of halogens is 3. The number of nitrogens with two attached hydrogens (primary N) is 1. The SMILES string of the molecule is COc1ccc(CCNC(=O)CSc2nnc(C(F)(F)F)n2N)cc1. The number of ether oxygens (including phenoxy) is 1. The topological polar surface area (TPSA) is 95.1 Å². The average molecular weight is 375 g/mol.